The van der Waals surface area contributed by atoms with Gasteiger partial charge in [-0.2, -0.15) is 11.8 Å². The predicted octanol–water partition coefficient (Wildman–Crippen LogP) is 3.03. The van der Waals surface area contributed by atoms with E-state index in [-0.39, 0.29) is 11.6 Å². The Kier molecular flexibility index (Phi) is 5.36. The van der Waals surface area contributed by atoms with Crippen LogP contribution in [0.1, 0.15) is 12.5 Å². The molecule has 0 aromatic heterocycles. The number of sulfone groups is 1. The van der Waals surface area contributed by atoms with Gasteiger partial charge in [0, 0.05) is 34.8 Å². The third-order valence-electron chi connectivity index (χ3n) is 3.40. The number of thioether (sulfide) groups is 1. The molecule has 1 saturated heterocycles. The number of anilines is 1. The van der Waals surface area contributed by atoms with Crippen molar-refractivity contribution in [2.45, 2.75) is 17.6 Å². The van der Waals surface area contributed by atoms with E-state index in [4.69, 9.17) is 0 Å². The van der Waals surface area contributed by atoms with Crippen LogP contribution in [0, 0.1) is 5.82 Å². The molecule has 0 bridgehead atoms. The third kappa shape index (κ3) is 3.31. The van der Waals surface area contributed by atoms with Gasteiger partial charge in [-0.25, -0.2) is 12.8 Å². The lowest BCUT2D eigenvalue weighted by atomic mass is 10.1. The minimum absolute atomic E-state index is 0.125. The third-order valence-corrected chi connectivity index (χ3v) is 7.29. The van der Waals surface area contributed by atoms with Gasteiger partial charge >= 0.3 is 0 Å². The van der Waals surface area contributed by atoms with E-state index >= 15 is 0 Å². The van der Waals surface area contributed by atoms with E-state index < -0.39 is 15.2 Å². The van der Waals surface area contributed by atoms with Crippen molar-refractivity contribution in [1.29, 1.82) is 0 Å². The van der Waals surface area contributed by atoms with E-state index in [9.17, 15) is 12.8 Å². The van der Waals surface area contributed by atoms with Crippen LogP contribution >= 0.6 is 27.7 Å². The Bertz CT molecular complexity index is 580. The maximum atomic E-state index is 13.3. The van der Waals surface area contributed by atoms with Crippen LogP contribution in [0.25, 0.3) is 0 Å². The fraction of sp³-hybridized carbons (Fsp3) is 0.538. The Morgan fingerprint density at radius 1 is 1.50 bits per heavy atom. The van der Waals surface area contributed by atoms with Gasteiger partial charge in [0.1, 0.15) is 11.2 Å². The zero-order valence-corrected chi connectivity index (χ0v) is 14.4. The normalized spacial score (nSPS) is 20.1. The van der Waals surface area contributed by atoms with Gasteiger partial charge in [0.05, 0.1) is 0 Å². The molecular weight excluding hydrogens is 365 g/mol. The molecule has 1 fully saturated rings. The van der Waals surface area contributed by atoms with Gasteiger partial charge in [0.15, 0.2) is 9.84 Å². The van der Waals surface area contributed by atoms with Crippen molar-refractivity contribution in [3.05, 3.63) is 29.6 Å². The van der Waals surface area contributed by atoms with Crippen LogP contribution in [0.3, 0.4) is 0 Å². The van der Waals surface area contributed by atoms with Gasteiger partial charge in [-0.1, -0.05) is 22.9 Å². The number of halogens is 2. The van der Waals surface area contributed by atoms with Crippen LogP contribution in [0.5, 0.6) is 0 Å². The number of hydrogen-bond donors (Lipinski definition) is 0. The Hall–Kier alpha value is -0.270. The smallest absolute Gasteiger partial charge is 0.171 e. The van der Waals surface area contributed by atoms with E-state index in [2.05, 4.69) is 15.9 Å². The lowest BCUT2D eigenvalue weighted by Crippen LogP contribution is -2.48. The quantitative estimate of drug-likeness (QED) is 0.751. The van der Waals surface area contributed by atoms with Crippen LogP contribution in [-0.2, 0) is 15.2 Å². The fourth-order valence-electron chi connectivity index (χ4n) is 2.29. The summed E-state index contributed by atoms with van der Waals surface area (Å²) >= 11 is 5.00. The zero-order valence-electron chi connectivity index (χ0n) is 11.2. The van der Waals surface area contributed by atoms with Crippen molar-refractivity contribution in [3.63, 3.8) is 0 Å². The topological polar surface area (TPSA) is 37.4 Å². The molecule has 1 unspecified atom stereocenters. The van der Waals surface area contributed by atoms with Gasteiger partial charge < -0.3 is 4.90 Å². The van der Waals surface area contributed by atoms with E-state index in [1.807, 2.05) is 4.90 Å². The first-order valence-electron chi connectivity index (χ1n) is 6.40. The summed E-state index contributed by atoms with van der Waals surface area (Å²) in [5, 5.41) is -0.0164. The van der Waals surface area contributed by atoms with Crippen molar-refractivity contribution >= 4 is 43.2 Å². The highest BCUT2D eigenvalue weighted by Gasteiger charge is 2.33. The molecule has 0 radical (unpaired) electrons. The maximum absolute atomic E-state index is 13.3. The summed E-state index contributed by atoms with van der Waals surface area (Å²) in [5.74, 6) is 1.27. The van der Waals surface area contributed by atoms with Crippen LogP contribution in [0.15, 0.2) is 18.2 Å². The van der Waals surface area contributed by atoms with Crippen molar-refractivity contribution in [1.82, 2.24) is 0 Å². The average Bonchev–Trinajstić information content (AvgIpc) is 2.47. The molecule has 1 aliphatic heterocycles. The molecule has 0 N–H and O–H groups in total. The summed E-state index contributed by atoms with van der Waals surface area (Å²) in [5.41, 5.74) is 1.60. The van der Waals surface area contributed by atoms with Crippen LogP contribution in [0.2, 0.25) is 0 Å². The second-order valence-corrected chi connectivity index (χ2v) is 8.74. The minimum atomic E-state index is -3.16. The number of benzene rings is 1. The summed E-state index contributed by atoms with van der Waals surface area (Å²) < 4.78 is 37.9. The number of hydrogen-bond acceptors (Lipinski definition) is 4. The Morgan fingerprint density at radius 2 is 2.25 bits per heavy atom. The van der Waals surface area contributed by atoms with E-state index in [1.54, 1.807) is 24.8 Å². The van der Waals surface area contributed by atoms with Gasteiger partial charge in [-0.15, -0.1) is 0 Å². The Balaban J connectivity index is 2.43. The molecule has 1 aromatic rings. The number of alkyl halides is 1. The second-order valence-electron chi connectivity index (χ2n) is 4.58. The van der Waals surface area contributed by atoms with Crippen molar-refractivity contribution in [2.75, 3.05) is 28.7 Å². The van der Waals surface area contributed by atoms with Crippen LogP contribution in [-0.4, -0.2) is 37.6 Å². The monoisotopic (exact) mass is 381 g/mol. The van der Waals surface area contributed by atoms with E-state index in [1.165, 1.54) is 12.1 Å². The summed E-state index contributed by atoms with van der Waals surface area (Å²) in [7, 11) is -3.16. The van der Waals surface area contributed by atoms with Gasteiger partial charge in [-0.3, -0.25) is 0 Å². The largest absolute Gasteiger partial charge is 0.353 e. The maximum Gasteiger partial charge on any atom is 0.171 e. The second kappa shape index (κ2) is 6.66. The molecule has 0 spiro atoms. The summed E-state index contributed by atoms with van der Waals surface area (Å²) in [4.78, 5) is 1.91. The molecule has 1 aromatic carbocycles. The molecule has 3 nitrogen and oxygen atoms in total. The molecule has 2 rings (SSSR count). The lowest BCUT2D eigenvalue weighted by molar-refractivity contribution is 0.579. The van der Waals surface area contributed by atoms with Crippen LogP contribution in [0.4, 0.5) is 10.1 Å². The highest BCUT2D eigenvalue weighted by atomic mass is 79.9. The van der Waals surface area contributed by atoms with Gasteiger partial charge in [0.25, 0.3) is 0 Å². The van der Waals surface area contributed by atoms with Gasteiger partial charge in [0.2, 0.25) is 0 Å². The number of nitrogens with zero attached hydrogens (tertiary/aromatic N) is 1. The molecule has 0 saturated carbocycles. The molecule has 1 atom stereocenters. The molecular formula is C13H17BrFNO2S2. The Labute approximate surface area is 132 Å². The molecule has 0 amide bonds. The standard InChI is InChI=1S/C13H17BrFNO2S2/c1-2-20(17,18)13-9-19-6-5-16(13)12-4-3-11(15)7-10(12)8-14/h3-4,7,13H,2,5-6,8-9H2,1H3. The minimum Gasteiger partial charge on any atom is -0.353 e. The molecule has 1 heterocycles. The zero-order chi connectivity index (χ0) is 14.8. The predicted molar refractivity (Wildman–Crippen MR) is 87.0 cm³/mol. The van der Waals surface area contributed by atoms with Crippen molar-refractivity contribution in [2.24, 2.45) is 0 Å². The lowest BCUT2D eigenvalue weighted by Gasteiger charge is -2.37. The average molecular weight is 382 g/mol. The molecule has 1 aliphatic rings. The summed E-state index contributed by atoms with van der Waals surface area (Å²) in [6, 6.07) is 4.53. The highest BCUT2D eigenvalue weighted by Crippen LogP contribution is 2.31. The first-order chi connectivity index (χ1) is 9.49. The van der Waals surface area contributed by atoms with E-state index in [0.717, 1.165) is 17.0 Å². The molecule has 0 aliphatic carbocycles. The van der Waals surface area contributed by atoms with E-state index in [0.29, 0.717) is 17.6 Å². The Morgan fingerprint density at radius 3 is 2.90 bits per heavy atom. The van der Waals surface area contributed by atoms with Gasteiger partial charge in [-0.05, 0) is 23.8 Å². The summed E-state index contributed by atoms with van der Waals surface area (Å²) in [6.07, 6.45) is 0. The first kappa shape index (κ1) is 16.1. The number of rotatable bonds is 4. The molecule has 112 valence electrons. The highest BCUT2D eigenvalue weighted by molar-refractivity contribution is 9.08. The SMILES string of the molecule is CCS(=O)(=O)C1CSCCN1c1ccc(F)cc1CBr. The summed E-state index contributed by atoms with van der Waals surface area (Å²) in [6.45, 7) is 2.34. The molecule has 7 heteroatoms. The van der Waals surface area contributed by atoms with Crippen molar-refractivity contribution in [3.8, 4) is 0 Å². The molecule has 20 heavy (non-hydrogen) atoms. The van der Waals surface area contributed by atoms with Crippen LogP contribution < -0.4 is 4.90 Å². The van der Waals surface area contributed by atoms with Crippen molar-refractivity contribution < 1.29 is 12.8 Å². The first-order valence-corrected chi connectivity index (χ1v) is 10.4. The fourth-order valence-corrected chi connectivity index (χ4v) is 5.72.